The zero-order valence-corrected chi connectivity index (χ0v) is 19.5. The highest BCUT2D eigenvalue weighted by molar-refractivity contribution is 5.84. The molecule has 2 N–H and O–H groups in total. The summed E-state index contributed by atoms with van der Waals surface area (Å²) in [5, 5.41) is 11.9. The highest BCUT2D eigenvalue weighted by atomic mass is 16.5. The molecule has 0 unspecified atom stereocenters. The van der Waals surface area contributed by atoms with Crippen molar-refractivity contribution in [2.45, 2.75) is 136 Å². The summed E-state index contributed by atoms with van der Waals surface area (Å²) >= 11 is 0. The van der Waals surface area contributed by atoms with Gasteiger partial charge in [0.2, 0.25) is 5.91 Å². The molecule has 0 spiro atoms. The number of hydrogen-bond acceptors (Lipinski definition) is 4. The largest absolute Gasteiger partial charge is 0.480 e. The first-order valence-electron chi connectivity index (χ1n) is 12.1. The topological polar surface area (TPSA) is 92.7 Å². The normalized spacial score (nSPS) is 12.9. The lowest BCUT2D eigenvalue weighted by molar-refractivity contribution is -0.156. The number of amides is 1. The molecule has 1 amide bonds. The molecular weight excluding hydrogens is 382 g/mol. The van der Waals surface area contributed by atoms with Gasteiger partial charge in [0.05, 0.1) is 0 Å². The van der Waals surface area contributed by atoms with Crippen LogP contribution in [0.15, 0.2) is 0 Å². The SMILES string of the molecule is CCCCCCCCCC(=O)N[C@H](C(=O)O)[C@@H](C)OC(=O)CCCCCCCCC. The molecule has 0 aromatic carbocycles. The standard InChI is InChI=1S/C24H45NO5/c1-4-6-8-10-12-14-16-18-21(26)25-23(24(28)29)20(3)30-22(27)19-17-15-13-11-9-7-5-2/h20,23H,4-19H2,1-3H3,(H,25,26)(H,28,29)/t20-,23+/m1/s1. The van der Waals surface area contributed by atoms with Gasteiger partial charge in [0.15, 0.2) is 6.04 Å². The predicted octanol–water partition coefficient (Wildman–Crippen LogP) is 5.77. The van der Waals surface area contributed by atoms with Gasteiger partial charge >= 0.3 is 11.9 Å². The summed E-state index contributed by atoms with van der Waals surface area (Å²) in [5.41, 5.74) is 0. The minimum absolute atomic E-state index is 0.288. The molecule has 0 aliphatic rings. The molecular formula is C24H45NO5. The van der Waals surface area contributed by atoms with Crippen LogP contribution in [0.2, 0.25) is 0 Å². The number of carboxylic acid groups (broad SMARTS) is 1. The highest BCUT2D eigenvalue weighted by Gasteiger charge is 2.29. The zero-order valence-electron chi connectivity index (χ0n) is 19.5. The first-order valence-corrected chi connectivity index (χ1v) is 12.1. The number of carbonyl (C=O) groups excluding carboxylic acids is 2. The second kappa shape index (κ2) is 19.4. The molecule has 0 rings (SSSR count). The fourth-order valence-electron chi connectivity index (χ4n) is 3.43. The second-order valence-corrected chi connectivity index (χ2v) is 8.32. The molecule has 0 aromatic rings. The third-order valence-electron chi connectivity index (χ3n) is 5.36. The first kappa shape index (κ1) is 28.4. The molecule has 0 saturated carbocycles. The molecule has 6 heteroatoms. The summed E-state index contributed by atoms with van der Waals surface area (Å²) in [6, 6.07) is -1.21. The van der Waals surface area contributed by atoms with Crippen molar-refractivity contribution in [1.29, 1.82) is 0 Å². The fraction of sp³-hybridized carbons (Fsp3) is 0.875. The summed E-state index contributed by atoms with van der Waals surface area (Å²) in [5.74, 6) is -1.88. The Morgan fingerprint density at radius 1 is 0.733 bits per heavy atom. The van der Waals surface area contributed by atoms with Crippen LogP contribution in [0.1, 0.15) is 124 Å². The Balaban J connectivity index is 4.06. The number of nitrogens with one attached hydrogen (secondary N) is 1. The average molecular weight is 428 g/mol. The van der Waals surface area contributed by atoms with Crippen LogP contribution < -0.4 is 5.32 Å². The molecule has 0 saturated heterocycles. The van der Waals surface area contributed by atoms with Crippen molar-refractivity contribution in [3.8, 4) is 0 Å². The maximum atomic E-state index is 12.1. The predicted molar refractivity (Wildman–Crippen MR) is 120 cm³/mol. The van der Waals surface area contributed by atoms with Gasteiger partial charge in [0.25, 0.3) is 0 Å². The Hall–Kier alpha value is -1.59. The van der Waals surface area contributed by atoms with E-state index in [0.29, 0.717) is 6.42 Å². The lowest BCUT2D eigenvalue weighted by Crippen LogP contribution is -2.49. The third kappa shape index (κ3) is 16.2. The number of rotatable bonds is 20. The van der Waals surface area contributed by atoms with Crippen LogP contribution in [0.4, 0.5) is 0 Å². The van der Waals surface area contributed by atoms with Gasteiger partial charge in [-0.15, -0.1) is 0 Å². The van der Waals surface area contributed by atoms with Crippen LogP contribution in [0.25, 0.3) is 0 Å². The molecule has 176 valence electrons. The number of aliphatic carboxylic acids is 1. The van der Waals surface area contributed by atoms with E-state index in [9.17, 15) is 19.5 Å². The van der Waals surface area contributed by atoms with Gasteiger partial charge in [0, 0.05) is 12.8 Å². The molecule has 0 aliphatic carbocycles. The van der Waals surface area contributed by atoms with E-state index in [4.69, 9.17) is 4.74 Å². The van der Waals surface area contributed by atoms with Crippen molar-refractivity contribution in [3.05, 3.63) is 0 Å². The average Bonchev–Trinajstić information content (AvgIpc) is 2.70. The number of ether oxygens (including phenoxy) is 1. The van der Waals surface area contributed by atoms with Gasteiger partial charge in [-0.2, -0.15) is 0 Å². The quantitative estimate of drug-likeness (QED) is 0.190. The minimum Gasteiger partial charge on any atom is -0.480 e. The summed E-state index contributed by atoms with van der Waals surface area (Å²) in [6.07, 6.45) is 15.1. The molecule has 0 radical (unpaired) electrons. The number of carboxylic acids is 1. The number of hydrogen-bond donors (Lipinski definition) is 2. The van der Waals surface area contributed by atoms with E-state index in [1.165, 1.54) is 58.3 Å². The maximum absolute atomic E-state index is 12.1. The molecule has 0 fully saturated rings. The Morgan fingerprint density at radius 2 is 1.17 bits per heavy atom. The molecule has 0 aliphatic heterocycles. The molecule has 30 heavy (non-hydrogen) atoms. The Kier molecular flexibility index (Phi) is 18.4. The van der Waals surface area contributed by atoms with Crippen molar-refractivity contribution in [3.63, 3.8) is 0 Å². The number of esters is 1. The van der Waals surface area contributed by atoms with Gasteiger partial charge in [-0.25, -0.2) is 4.79 Å². The summed E-state index contributed by atoms with van der Waals surface area (Å²) in [7, 11) is 0. The van der Waals surface area contributed by atoms with E-state index < -0.39 is 24.1 Å². The zero-order chi connectivity index (χ0) is 22.6. The van der Waals surface area contributed by atoms with E-state index in [0.717, 1.165) is 38.5 Å². The molecule has 0 bridgehead atoms. The van der Waals surface area contributed by atoms with Gasteiger partial charge in [0.1, 0.15) is 6.10 Å². The summed E-state index contributed by atoms with van der Waals surface area (Å²) < 4.78 is 5.27. The second-order valence-electron chi connectivity index (χ2n) is 8.32. The lowest BCUT2D eigenvalue weighted by Gasteiger charge is -2.21. The van der Waals surface area contributed by atoms with Crippen molar-refractivity contribution in [1.82, 2.24) is 5.32 Å². The van der Waals surface area contributed by atoms with Gasteiger partial charge < -0.3 is 15.2 Å². The highest BCUT2D eigenvalue weighted by Crippen LogP contribution is 2.11. The van der Waals surface area contributed by atoms with Gasteiger partial charge in [-0.05, 0) is 19.8 Å². The minimum atomic E-state index is -1.21. The Labute approximate surface area is 183 Å². The van der Waals surface area contributed by atoms with E-state index in [1.807, 2.05) is 0 Å². The van der Waals surface area contributed by atoms with Crippen LogP contribution in [0.3, 0.4) is 0 Å². The van der Waals surface area contributed by atoms with Gasteiger partial charge in [-0.3, -0.25) is 9.59 Å². The number of carbonyl (C=O) groups is 3. The van der Waals surface area contributed by atoms with E-state index in [-0.39, 0.29) is 12.3 Å². The fourth-order valence-corrected chi connectivity index (χ4v) is 3.43. The monoisotopic (exact) mass is 427 g/mol. The molecule has 0 aromatic heterocycles. The Bertz CT molecular complexity index is 467. The van der Waals surface area contributed by atoms with E-state index in [1.54, 1.807) is 0 Å². The van der Waals surface area contributed by atoms with Crippen LogP contribution in [-0.2, 0) is 19.1 Å². The summed E-state index contributed by atoms with van der Waals surface area (Å²) in [4.78, 5) is 35.6. The molecule has 6 nitrogen and oxygen atoms in total. The van der Waals surface area contributed by atoms with E-state index >= 15 is 0 Å². The van der Waals surface area contributed by atoms with Crippen LogP contribution in [0.5, 0.6) is 0 Å². The Morgan fingerprint density at radius 3 is 1.63 bits per heavy atom. The van der Waals surface area contributed by atoms with Crippen molar-refractivity contribution >= 4 is 17.8 Å². The smallest absolute Gasteiger partial charge is 0.330 e. The summed E-state index contributed by atoms with van der Waals surface area (Å²) in [6.45, 7) is 5.88. The first-order chi connectivity index (χ1) is 14.4. The van der Waals surface area contributed by atoms with Crippen LogP contribution >= 0.6 is 0 Å². The third-order valence-corrected chi connectivity index (χ3v) is 5.36. The van der Waals surface area contributed by atoms with Crippen molar-refractivity contribution < 1.29 is 24.2 Å². The van der Waals surface area contributed by atoms with E-state index in [2.05, 4.69) is 19.2 Å². The van der Waals surface area contributed by atoms with Crippen LogP contribution in [-0.4, -0.2) is 35.1 Å². The molecule has 2 atom stereocenters. The van der Waals surface area contributed by atoms with Crippen molar-refractivity contribution in [2.24, 2.45) is 0 Å². The van der Waals surface area contributed by atoms with Crippen LogP contribution in [0, 0.1) is 0 Å². The van der Waals surface area contributed by atoms with Crippen molar-refractivity contribution in [2.75, 3.05) is 0 Å². The number of unbranched alkanes of at least 4 members (excludes halogenated alkanes) is 12. The molecule has 0 heterocycles. The maximum Gasteiger partial charge on any atom is 0.330 e. The lowest BCUT2D eigenvalue weighted by atomic mass is 10.1. The van der Waals surface area contributed by atoms with Gasteiger partial charge in [-0.1, -0.05) is 90.9 Å².